The molecular weight excluding hydrogens is 208 g/mol. The Morgan fingerprint density at radius 1 is 1.12 bits per heavy atom. The molecule has 16 heavy (non-hydrogen) atoms. The van der Waals surface area contributed by atoms with Gasteiger partial charge in [-0.05, 0) is 62.5 Å². The molecule has 0 spiro atoms. The molecule has 0 fully saturated rings. The van der Waals surface area contributed by atoms with Gasteiger partial charge in [-0.3, -0.25) is 0 Å². The number of hydrogen-bond donors (Lipinski definition) is 1. The Balaban J connectivity index is 2.45. The van der Waals surface area contributed by atoms with Crippen LogP contribution >= 0.6 is 0 Å². The lowest BCUT2D eigenvalue weighted by Crippen LogP contribution is -2.14. The quantitative estimate of drug-likeness (QED) is 0.736. The highest BCUT2D eigenvalue weighted by atomic mass is 19.1. The van der Waals surface area contributed by atoms with Crippen molar-refractivity contribution in [3.8, 4) is 0 Å². The third kappa shape index (κ3) is 3.89. The minimum absolute atomic E-state index is 0.289. The van der Waals surface area contributed by atoms with Crippen molar-refractivity contribution >= 4 is 0 Å². The van der Waals surface area contributed by atoms with Crippen LogP contribution in [0.15, 0.2) is 12.1 Å². The van der Waals surface area contributed by atoms with Crippen LogP contribution in [-0.2, 0) is 6.42 Å². The van der Waals surface area contributed by atoms with Gasteiger partial charge in [0, 0.05) is 0 Å². The van der Waals surface area contributed by atoms with Gasteiger partial charge < -0.3 is 5.32 Å². The van der Waals surface area contributed by atoms with Crippen molar-refractivity contribution < 1.29 is 8.78 Å². The van der Waals surface area contributed by atoms with Gasteiger partial charge in [-0.1, -0.05) is 6.92 Å². The SMILES string of the molecule is CCNCCCCc1cc(F)c(C)cc1F. The molecule has 0 atom stereocenters. The Hall–Kier alpha value is -0.960. The third-order valence-corrected chi connectivity index (χ3v) is 2.63. The van der Waals surface area contributed by atoms with E-state index in [0.717, 1.165) is 25.9 Å². The molecule has 90 valence electrons. The summed E-state index contributed by atoms with van der Waals surface area (Å²) in [6.45, 7) is 5.52. The van der Waals surface area contributed by atoms with Crippen LogP contribution < -0.4 is 5.32 Å². The predicted octanol–water partition coefficient (Wildman–Crippen LogP) is 3.21. The average Bonchev–Trinajstić information content (AvgIpc) is 2.25. The molecule has 0 aliphatic rings. The van der Waals surface area contributed by atoms with Gasteiger partial charge in [-0.15, -0.1) is 0 Å². The van der Waals surface area contributed by atoms with Gasteiger partial charge in [0.05, 0.1) is 0 Å². The molecule has 0 unspecified atom stereocenters. The molecule has 1 aromatic rings. The fourth-order valence-electron chi connectivity index (χ4n) is 1.62. The standard InChI is InChI=1S/C13H19F2N/c1-3-16-7-5-4-6-11-9-12(14)10(2)8-13(11)15/h8-9,16H,3-7H2,1-2H3. The molecule has 0 saturated heterocycles. The second-order valence-corrected chi connectivity index (χ2v) is 4.00. The summed E-state index contributed by atoms with van der Waals surface area (Å²) in [7, 11) is 0. The lowest BCUT2D eigenvalue weighted by atomic mass is 10.1. The number of hydrogen-bond acceptors (Lipinski definition) is 1. The normalized spacial score (nSPS) is 10.8. The smallest absolute Gasteiger partial charge is 0.126 e. The first-order chi connectivity index (χ1) is 7.65. The highest BCUT2D eigenvalue weighted by Crippen LogP contribution is 2.16. The summed E-state index contributed by atoms with van der Waals surface area (Å²) in [4.78, 5) is 0. The zero-order valence-corrected chi connectivity index (χ0v) is 9.95. The number of aryl methyl sites for hydroxylation is 2. The topological polar surface area (TPSA) is 12.0 Å². The highest BCUT2D eigenvalue weighted by molar-refractivity contribution is 5.25. The van der Waals surface area contributed by atoms with Gasteiger partial charge in [0.15, 0.2) is 0 Å². The van der Waals surface area contributed by atoms with E-state index in [-0.39, 0.29) is 11.6 Å². The zero-order valence-electron chi connectivity index (χ0n) is 9.95. The Morgan fingerprint density at radius 2 is 1.88 bits per heavy atom. The minimum Gasteiger partial charge on any atom is -0.317 e. The first-order valence-corrected chi connectivity index (χ1v) is 5.80. The van der Waals surface area contributed by atoms with E-state index in [1.807, 2.05) is 0 Å². The van der Waals surface area contributed by atoms with Gasteiger partial charge in [-0.2, -0.15) is 0 Å². The maximum Gasteiger partial charge on any atom is 0.126 e. The van der Waals surface area contributed by atoms with E-state index >= 15 is 0 Å². The molecular formula is C13H19F2N. The summed E-state index contributed by atoms with van der Waals surface area (Å²) in [6.07, 6.45) is 2.48. The van der Waals surface area contributed by atoms with E-state index in [4.69, 9.17) is 0 Å². The Labute approximate surface area is 95.9 Å². The molecule has 1 rings (SSSR count). The van der Waals surface area contributed by atoms with Gasteiger partial charge in [-0.25, -0.2) is 8.78 Å². The third-order valence-electron chi connectivity index (χ3n) is 2.63. The lowest BCUT2D eigenvalue weighted by molar-refractivity contribution is 0.568. The number of benzene rings is 1. The molecule has 0 radical (unpaired) electrons. The minimum atomic E-state index is -0.317. The van der Waals surface area contributed by atoms with Crippen molar-refractivity contribution in [3.63, 3.8) is 0 Å². The summed E-state index contributed by atoms with van der Waals surface area (Å²) in [5.41, 5.74) is 0.855. The van der Waals surface area contributed by atoms with Crippen LogP contribution in [-0.4, -0.2) is 13.1 Å². The van der Waals surface area contributed by atoms with Crippen LogP contribution in [0, 0.1) is 18.6 Å². The monoisotopic (exact) mass is 227 g/mol. The zero-order chi connectivity index (χ0) is 12.0. The van der Waals surface area contributed by atoms with Gasteiger partial charge in [0.1, 0.15) is 11.6 Å². The van der Waals surface area contributed by atoms with Gasteiger partial charge in [0.25, 0.3) is 0 Å². The van der Waals surface area contributed by atoms with Crippen molar-refractivity contribution in [1.29, 1.82) is 0 Å². The fourth-order valence-corrected chi connectivity index (χ4v) is 1.62. The number of rotatable bonds is 6. The fraction of sp³-hybridized carbons (Fsp3) is 0.538. The highest BCUT2D eigenvalue weighted by Gasteiger charge is 2.06. The first kappa shape index (κ1) is 13.1. The van der Waals surface area contributed by atoms with E-state index in [0.29, 0.717) is 17.5 Å². The Morgan fingerprint density at radius 3 is 2.56 bits per heavy atom. The summed E-state index contributed by atoms with van der Waals surface area (Å²) in [5.74, 6) is -0.606. The molecule has 0 amide bonds. The van der Waals surface area contributed by atoms with Crippen LogP contribution in [0.2, 0.25) is 0 Å². The molecule has 0 aromatic heterocycles. The van der Waals surface area contributed by atoms with Crippen molar-refractivity contribution in [2.45, 2.75) is 33.1 Å². The maximum absolute atomic E-state index is 13.4. The van der Waals surface area contributed by atoms with Crippen molar-refractivity contribution in [1.82, 2.24) is 5.32 Å². The molecule has 1 aromatic carbocycles. The number of unbranched alkanes of at least 4 members (excludes halogenated alkanes) is 1. The predicted molar refractivity (Wildman–Crippen MR) is 62.6 cm³/mol. The first-order valence-electron chi connectivity index (χ1n) is 5.80. The largest absolute Gasteiger partial charge is 0.317 e. The molecule has 1 nitrogen and oxygen atoms in total. The Bertz CT molecular complexity index is 337. The van der Waals surface area contributed by atoms with Crippen molar-refractivity contribution in [2.24, 2.45) is 0 Å². The molecule has 3 heteroatoms. The number of nitrogens with one attached hydrogen (secondary N) is 1. The van der Waals surface area contributed by atoms with E-state index < -0.39 is 0 Å². The van der Waals surface area contributed by atoms with Crippen molar-refractivity contribution in [3.05, 3.63) is 34.9 Å². The summed E-state index contributed by atoms with van der Waals surface area (Å²) in [5, 5.41) is 3.20. The summed E-state index contributed by atoms with van der Waals surface area (Å²) in [6, 6.07) is 2.59. The van der Waals surface area contributed by atoms with Crippen LogP contribution in [0.3, 0.4) is 0 Å². The second kappa shape index (κ2) is 6.59. The van der Waals surface area contributed by atoms with Crippen LogP contribution in [0.5, 0.6) is 0 Å². The van der Waals surface area contributed by atoms with E-state index in [9.17, 15) is 8.78 Å². The van der Waals surface area contributed by atoms with Crippen LogP contribution in [0.4, 0.5) is 8.78 Å². The van der Waals surface area contributed by atoms with E-state index in [2.05, 4.69) is 12.2 Å². The van der Waals surface area contributed by atoms with Gasteiger partial charge in [0.2, 0.25) is 0 Å². The molecule has 0 heterocycles. The Kier molecular flexibility index (Phi) is 5.39. The average molecular weight is 227 g/mol. The molecule has 0 bridgehead atoms. The van der Waals surface area contributed by atoms with Crippen LogP contribution in [0.1, 0.15) is 30.9 Å². The van der Waals surface area contributed by atoms with Crippen LogP contribution in [0.25, 0.3) is 0 Å². The molecule has 0 saturated carbocycles. The molecule has 0 aliphatic heterocycles. The number of halogens is 2. The maximum atomic E-state index is 13.4. The lowest BCUT2D eigenvalue weighted by Gasteiger charge is -2.06. The van der Waals surface area contributed by atoms with E-state index in [1.165, 1.54) is 12.1 Å². The second-order valence-electron chi connectivity index (χ2n) is 4.00. The summed E-state index contributed by atoms with van der Waals surface area (Å²) < 4.78 is 26.6. The summed E-state index contributed by atoms with van der Waals surface area (Å²) >= 11 is 0. The molecule has 0 aliphatic carbocycles. The van der Waals surface area contributed by atoms with E-state index in [1.54, 1.807) is 6.92 Å². The van der Waals surface area contributed by atoms with Crippen molar-refractivity contribution in [2.75, 3.05) is 13.1 Å². The molecule has 1 N–H and O–H groups in total. The van der Waals surface area contributed by atoms with Gasteiger partial charge >= 0.3 is 0 Å².